The number of ether oxygens (including phenoxy) is 1. The number of carbonyl (C=O) groups is 1. The summed E-state index contributed by atoms with van der Waals surface area (Å²) in [4.78, 5) is 15.4. The summed E-state index contributed by atoms with van der Waals surface area (Å²) in [5.74, 6) is -0.0275. The summed E-state index contributed by atoms with van der Waals surface area (Å²) < 4.78 is 4.90. The van der Waals surface area contributed by atoms with E-state index in [1.54, 1.807) is 24.3 Å². The third-order valence-corrected chi connectivity index (χ3v) is 2.64. The molecule has 0 radical (unpaired) electrons. The quantitative estimate of drug-likeness (QED) is 0.332. The first-order valence-electron chi connectivity index (χ1n) is 6.15. The number of esters is 1. The molecule has 104 valence electrons. The first kappa shape index (κ1) is 15.4. The average molecular weight is 284 g/mol. The SMILES string of the molecule is CCOC(=O)CN(CC)/N=C(\CCl)c1ccncc1. The van der Waals surface area contributed by atoms with Crippen LogP contribution >= 0.6 is 11.6 Å². The van der Waals surface area contributed by atoms with Crippen LogP contribution in [0.25, 0.3) is 0 Å². The minimum atomic E-state index is -0.295. The zero-order valence-electron chi connectivity index (χ0n) is 11.2. The van der Waals surface area contributed by atoms with Crippen LogP contribution in [0.3, 0.4) is 0 Å². The van der Waals surface area contributed by atoms with E-state index >= 15 is 0 Å². The Labute approximate surface area is 118 Å². The van der Waals surface area contributed by atoms with Gasteiger partial charge in [0.1, 0.15) is 6.54 Å². The van der Waals surface area contributed by atoms with Crippen LogP contribution in [0.1, 0.15) is 19.4 Å². The van der Waals surface area contributed by atoms with Crippen molar-refractivity contribution in [2.45, 2.75) is 13.8 Å². The van der Waals surface area contributed by atoms with E-state index < -0.39 is 0 Å². The molecule has 0 aliphatic carbocycles. The van der Waals surface area contributed by atoms with Gasteiger partial charge in [0.05, 0.1) is 18.2 Å². The van der Waals surface area contributed by atoms with Crippen LogP contribution < -0.4 is 0 Å². The molecule has 0 amide bonds. The lowest BCUT2D eigenvalue weighted by atomic mass is 10.2. The molecule has 0 saturated heterocycles. The number of hydrazone groups is 1. The highest BCUT2D eigenvalue weighted by atomic mass is 35.5. The van der Waals surface area contributed by atoms with E-state index in [0.29, 0.717) is 18.9 Å². The molecule has 19 heavy (non-hydrogen) atoms. The predicted molar refractivity (Wildman–Crippen MR) is 75.4 cm³/mol. The first-order valence-corrected chi connectivity index (χ1v) is 6.69. The van der Waals surface area contributed by atoms with Crippen LogP contribution in [0, 0.1) is 0 Å². The Bertz CT molecular complexity index is 423. The highest BCUT2D eigenvalue weighted by molar-refractivity contribution is 6.31. The van der Waals surface area contributed by atoms with E-state index in [4.69, 9.17) is 16.3 Å². The van der Waals surface area contributed by atoms with Crippen molar-refractivity contribution >= 4 is 23.3 Å². The van der Waals surface area contributed by atoms with Gasteiger partial charge in [0.15, 0.2) is 0 Å². The van der Waals surface area contributed by atoms with Gasteiger partial charge in [0.25, 0.3) is 0 Å². The fourth-order valence-corrected chi connectivity index (χ4v) is 1.66. The minimum Gasteiger partial charge on any atom is -0.465 e. The second-order valence-electron chi connectivity index (χ2n) is 3.70. The van der Waals surface area contributed by atoms with E-state index in [1.165, 1.54) is 0 Å². The predicted octanol–water partition coefficient (Wildman–Crippen LogP) is 1.91. The first-order chi connectivity index (χ1) is 9.21. The number of halogens is 1. The number of likely N-dealkylation sites (N-methyl/N-ethyl adjacent to an activating group) is 1. The Morgan fingerprint density at radius 2 is 2.11 bits per heavy atom. The lowest BCUT2D eigenvalue weighted by molar-refractivity contribution is -0.144. The molecular formula is C13H18ClN3O2. The van der Waals surface area contributed by atoms with Crippen LogP contribution in [-0.4, -0.2) is 47.3 Å². The minimum absolute atomic E-state index is 0.121. The normalized spacial score (nSPS) is 11.2. The fourth-order valence-electron chi connectivity index (χ4n) is 1.45. The molecule has 1 heterocycles. The van der Waals surface area contributed by atoms with Gasteiger partial charge in [0.2, 0.25) is 0 Å². The van der Waals surface area contributed by atoms with Crippen molar-refractivity contribution < 1.29 is 9.53 Å². The van der Waals surface area contributed by atoms with Crippen molar-refractivity contribution in [3.8, 4) is 0 Å². The van der Waals surface area contributed by atoms with Gasteiger partial charge >= 0.3 is 5.97 Å². The second kappa shape index (κ2) is 8.48. The molecule has 0 spiro atoms. The van der Waals surface area contributed by atoms with Crippen LogP contribution in [0.15, 0.2) is 29.6 Å². The summed E-state index contributed by atoms with van der Waals surface area (Å²) >= 11 is 5.91. The number of carbonyl (C=O) groups excluding carboxylic acids is 1. The van der Waals surface area contributed by atoms with Crippen LogP contribution in [-0.2, 0) is 9.53 Å². The highest BCUT2D eigenvalue weighted by Gasteiger charge is 2.10. The Kier molecular flexibility index (Phi) is 6.89. The van der Waals surface area contributed by atoms with Crippen LogP contribution in [0.2, 0.25) is 0 Å². The van der Waals surface area contributed by atoms with E-state index in [9.17, 15) is 4.79 Å². The average Bonchev–Trinajstić information content (AvgIpc) is 2.44. The third-order valence-electron chi connectivity index (χ3n) is 2.38. The molecule has 0 N–H and O–H groups in total. The van der Waals surface area contributed by atoms with Crippen molar-refractivity contribution in [1.29, 1.82) is 0 Å². The van der Waals surface area contributed by atoms with Gasteiger partial charge in [-0.1, -0.05) is 0 Å². The van der Waals surface area contributed by atoms with E-state index in [0.717, 1.165) is 5.56 Å². The van der Waals surface area contributed by atoms with Gasteiger partial charge in [-0.25, -0.2) is 0 Å². The van der Waals surface area contributed by atoms with Crippen molar-refractivity contribution in [3.05, 3.63) is 30.1 Å². The molecule has 0 fully saturated rings. The summed E-state index contributed by atoms with van der Waals surface area (Å²) in [6, 6.07) is 3.67. The lowest BCUT2D eigenvalue weighted by Gasteiger charge is -2.17. The molecule has 0 aromatic carbocycles. The second-order valence-corrected chi connectivity index (χ2v) is 3.97. The van der Waals surface area contributed by atoms with Crippen molar-refractivity contribution in [1.82, 2.24) is 9.99 Å². The molecular weight excluding hydrogens is 266 g/mol. The zero-order chi connectivity index (χ0) is 14.1. The summed E-state index contributed by atoms with van der Waals surface area (Å²) in [5.41, 5.74) is 1.60. The molecule has 0 saturated carbocycles. The van der Waals surface area contributed by atoms with Crippen molar-refractivity contribution in [2.75, 3.05) is 25.6 Å². The number of aromatic nitrogens is 1. The summed E-state index contributed by atoms with van der Waals surface area (Å²) in [7, 11) is 0. The smallest absolute Gasteiger partial charge is 0.327 e. The Morgan fingerprint density at radius 3 is 2.63 bits per heavy atom. The Hall–Kier alpha value is -1.62. The molecule has 0 atom stereocenters. The molecule has 1 aromatic rings. The van der Waals surface area contributed by atoms with Gasteiger partial charge in [-0.15, -0.1) is 11.6 Å². The van der Waals surface area contributed by atoms with Crippen molar-refractivity contribution in [2.24, 2.45) is 5.10 Å². The number of hydrogen-bond acceptors (Lipinski definition) is 5. The van der Waals surface area contributed by atoms with Crippen LogP contribution in [0.4, 0.5) is 0 Å². The standard InChI is InChI=1S/C13H18ClN3O2/c1-3-17(10-13(18)19-4-2)16-12(9-14)11-5-7-15-8-6-11/h5-8H,3-4,9-10H2,1-2H3/b16-12+. The largest absolute Gasteiger partial charge is 0.465 e. The Morgan fingerprint density at radius 1 is 1.42 bits per heavy atom. The lowest BCUT2D eigenvalue weighted by Crippen LogP contribution is -2.28. The molecule has 0 unspecified atom stereocenters. The van der Waals surface area contributed by atoms with Crippen LogP contribution in [0.5, 0.6) is 0 Å². The molecule has 6 heteroatoms. The van der Waals surface area contributed by atoms with E-state index in [2.05, 4.69) is 10.1 Å². The number of nitrogens with zero attached hydrogens (tertiary/aromatic N) is 3. The highest BCUT2D eigenvalue weighted by Crippen LogP contribution is 2.04. The number of alkyl halides is 1. The van der Waals surface area contributed by atoms with E-state index in [-0.39, 0.29) is 18.4 Å². The van der Waals surface area contributed by atoms with E-state index in [1.807, 2.05) is 19.1 Å². The number of rotatable bonds is 7. The van der Waals surface area contributed by atoms with Gasteiger partial charge in [0, 0.05) is 24.5 Å². The maximum absolute atomic E-state index is 11.4. The summed E-state index contributed by atoms with van der Waals surface area (Å²) in [6.07, 6.45) is 3.36. The maximum Gasteiger partial charge on any atom is 0.327 e. The molecule has 0 bridgehead atoms. The van der Waals surface area contributed by atoms with Gasteiger partial charge in [-0.05, 0) is 26.0 Å². The monoisotopic (exact) mass is 283 g/mol. The fraction of sp³-hybridized carbons (Fsp3) is 0.462. The molecule has 1 rings (SSSR count). The number of hydrogen-bond donors (Lipinski definition) is 0. The van der Waals surface area contributed by atoms with Gasteiger partial charge in [-0.3, -0.25) is 14.8 Å². The zero-order valence-corrected chi connectivity index (χ0v) is 11.9. The topological polar surface area (TPSA) is 54.8 Å². The number of pyridine rings is 1. The summed E-state index contributed by atoms with van der Waals surface area (Å²) in [5, 5.41) is 6.03. The van der Waals surface area contributed by atoms with Crippen molar-refractivity contribution in [3.63, 3.8) is 0 Å². The summed E-state index contributed by atoms with van der Waals surface area (Å²) in [6.45, 7) is 4.78. The molecule has 5 nitrogen and oxygen atoms in total. The molecule has 0 aliphatic rings. The molecule has 0 aliphatic heterocycles. The maximum atomic E-state index is 11.4. The molecule has 1 aromatic heterocycles. The Balaban J connectivity index is 2.79. The van der Waals surface area contributed by atoms with Gasteiger partial charge < -0.3 is 4.74 Å². The van der Waals surface area contributed by atoms with Gasteiger partial charge in [-0.2, -0.15) is 5.10 Å². The third kappa shape index (κ3) is 5.26.